The Kier molecular flexibility index (Phi) is 5.80. The summed E-state index contributed by atoms with van der Waals surface area (Å²) in [5.74, 6) is 5.78. The zero-order valence-electron chi connectivity index (χ0n) is 11.3. The molecule has 0 saturated heterocycles. The molecule has 6 heteroatoms. The molecular weight excluding hydrogens is 264 g/mol. The van der Waals surface area contributed by atoms with E-state index >= 15 is 0 Å². The van der Waals surface area contributed by atoms with Crippen LogP contribution in [0.15, 0.2) is 5.38 Å². The van der Waals surface area contributed by atoms with E-state index in [1.54, 1.807) is 5.38 Å². The van der Waals surface area contributed by atoms with E-state index in [1.807, 2.05) is 20.8 Å². The Bertz CT molecular complexity index is 480. The van der Waals surface area contributed by atoms with Crippen molar-refractivity contribution in [3.63, 3.8) is 0 Å². The quantitative estimate of drug-likeness (QED) is 0.656. The third kappa shape index (κ3) is 6.79. The smallest absolute Gasteiger partial charge is 0.407 e. The minimum Gasteiger partial charge on any atom is -0.444 e. The maximum Gasteiger partial charge on any atom is 0.407 e. The molecule has 5 nitrogen and oxygen atoms in total. The summed E-state index contributed by atoms with van der Waals surface area (Å²) in [5.41, 5.74) is 0.137. The molecule has 0 fully saturated rings. The van der Waals surface area contributed by atoms with Crippen molar-refractivity contribution in [1.29, 1.82) is 0 Å². The molecule has 0 atom stereocenters. The third-order valence-electron chi connectivity index (χ3n) is 1.83. The fraction of sp³-hybridized carbons (Fsp3) is 0.538. The highest BCUT2D eigenvalue weighted by Crippen LogP contribution is 2.08. The number of amides is 1. The first-order valence-corrected chi connectivity index (χ1v) is 6.79. The third-order valence-corrected chi connectivity index (χ3v) is 2.63. The summed E-state index contributed by atoms with van der Waals surface area (Å²) in [6.07, 6.45) is 0.0823. The van der Waals surface area contributed by atoms with Crippen LogP contribution in [0.2, 0.25) is 0 Å². The van der Waals surface area contributed by atoms with E-state index in [-0.39, 0.29) is 6.61 Å². The molecule has 1 amide bonds. The highest BCUT2D eigenvalue weighted by molar-refractivity contribution is 7.10. The van der Waals surface area contributed by atoms with Crippen molar-refractivity contribution in [2.45, 2.75) is 39.4 Å². The van der Waals surface area contributed by atoms with Crippen LogP contribution in [0.1, 0.15) is 37.9 Å². The van der Waals surface area contributed by atoms with Gasteiger partial charge < -0.3 is 15.2 Å². The van der Waals surface area contributed by atoms with Crippen LogP contribution in [0.25, 0.3) is 0 Å². The zero-order chi connectivity index (χ0) is 14.3. The number of hydrogen-bond donors (Lipinski definition) is 2. The van der Waals surface area contributed by atoms with Crippen molar-refractivity contribution in [3.05, 3.63) is 16.1 Å². The Hall–Kier alpha value is -1.58. The highest BCUT2D eigenvalue weighted by Gasteiger charge is 2.15. The van der Waals surface area contributed by atoms with Gasteiger partial charge in [-0.15, -0.1) is 11.3 Å². The first-order valence-electron chi connectivity index (χ1n) is 5.91. The number of thiazole rings is 1. The van der Waals surface area contributed by atoms with Crippen LogP contribution >= 0.6 is 11.3 Å². The first-order chi connectivity index (χ1) is 8.90. The molecule has 0 aliphatic carbocycles. The molecule has 104 valence electrons. The number of carbonyl (C=O) groups is 1. The minimum atomic E-state index is -0.489. The average molecular weight is 282 g/mol. The largest absolute Gasteiger partial charge is 0.444 e. The fourth-order valence-electron chi connectivity index (χ4n) is 1.12. The van der Waals surface area contributed by atoms with Gasteiger partial charge in [-0.05, 0) is 26.7 Å². The Morgan fingerprint density at radius 2 is 2.32 bits per heavy atom. The molecule has 1 rings (SSSR count). The number of nitrogens with zero attached hydrogens (tertiary/aromatic N) is 1. The second-order valence-corrected chi connectivity index (χ2v) is 5.64. The number of alkyl carbamates (subject to hydrolysis) is 1. The van der Waals surface area contributed by atoms with Gasteiger partial charge in [-0.1, -0.05) is 5.92 Å². The van der Waals surface area contributed by atoms with E-state index in [4.69, 9.17) is 9.84 Å². The summed E-state index contributed by atoms with van der Waals surface area (Å²) in [7, 11) is 0. The Balaban J connectivity index is 2.26. The van der Waals surface area contributed by atoms with Gasteiger partial charge in [-0.25, -0.2) is 9.78 Å². The second kappa shape index (κ2) is 7.12. The molecule has 0 aliphatic heterocycles. The van der Waals surface area contributed by atoms with Crippen LogP contribution in [0, 0.1) is 11.8 Å². The van der Waals surface area contributed by atoms with Gasteiger partial charge >= 0.3 is 6.09 Å². The zero-order valence-corrected chi connectivity index (χ0v) is 12.1. The summed E-state index contributed by atoms with van der Waals surface area (Å²) in [4.78, 5) is 15.4. The van der Waals surface area contributed by atoms with E-state index in [9.17, 15) is 4.79 Å². The second-order valence-electron chi connectivity index (χ2n) is 4.78. The van der Waals surface area contributed by atoms with Crippen LogP contribution in [-0.2, 0) is 11.3 Å². The Morgan fingerprint density at radius 1 is 1.58 bits per heavy atom. The van der Waals surface area contributed by atoms with Crippen LogP contribution in [0.3, 0.4) is 0 Å². The van der Waals surface area contributed by atoms with Crippen LogP contribution < -0.4 is 5.32 Å². The highest BCUT2D eigenvalue weighted by atomic mass is 32.1. The number of hydrogen-bond acceptors (Lipinski definition) is 5. The maximum absolute atomic E-state index is 11.3. The molecule has 1 aromatic heterocycles. The fourth-order valence-corrected chi connectivity index (χ4v) is 1.79. The van der Waals surface area contributed by atoms with Crippen LogP contribution in [0.5, 0.6) is 0 Å². The number of aliphatic hydroxyl groups is 1. The van der Waals surface area contributed by atoms with Crippen molar-refractivity contribution < 1.29 is 14.6 Å². The lowest BCUT2D eigenvalue weighted by molar-refractivity contribution is 0.0529. The molecule has 0 bridgehead atoms. The lowest BCUT2D eigenvalue weighted by Gasteiger charge is -2.19. The number of aromatic nitrogens is 1. The minimum absolute atomic E-state index is 0.0711. The lowest BCUT2D eigenvalue weighted by Crippen LogP contribution is -2.32. The van der Waals surface area contributed by atoms with Gasteiger partial charge in [0, 0.05) is 18.3 Å². The molecule has 0 radical (unpaired) electrons. The van der Waals surface area contributed by atoms with E-state index in [2.05, 4.69) is 22.1 Å². The van der Waals surface area contributed by atoms with Gasteiger partial charge in [0.05, 0.1) is 12.3 Å². The van der Waals surface area contributed by atoms with E-state index in [1.165, 1.54) is 11.3 Å². The van der Waals surface area contributed by atoms with Crippen LogP contribution in [0.4, 0.5) is 4.79 Å². The number of aliphatic hydroxyl groups excluding tert-OH is 1. The first kappa shape index (κ1) is 15.5. The van der Waals surface area contributed by atoms with E-state index in [0.717, 1.165) is 0 Å². The number of ether oxygens (including phenoxy) is 1. The van der Waals surface area contributed by atoms with Gasteiger partial charge in [0.2, 0.25) is 0 Å². The standard InChI is InChI=1S/C13H18N2O3S/c1-13(2,3)18-12(17)14-7-5-4-6-11-15-10(8-16)9-19-11/h9,16H,5,7-8H2,1-3H3,(H,14,17). The number of nitrogens with one attached hydrogen (secondary N) is 1. The van der Waals surface area contributed by atoms with Crippen molar-refractivity contribution >= 4 is 17.4 Å². The van der Waals surface area contributed by atoms with E-state index < -0.39 is 11.7 Å². The van der Waals surface area contributed by atoms with Crippen molar-refractivity contribution in [2.24, 2.45) is 0 Å². The number of carbonyl (C=O) groups excluding carboxylic acids is 1. The SMILES string of the molecule is CC(C)(C)OC(=O)NCCC#Cc1nc(CO)cs1. The molecule has 0 aliphatic rings. The molecular formula is C13H18N2O3S. The summed E-state index contributed by atoms with van der Waals surface area (Å²) in [5, 5.41) is 13.9. The van der Waals surface area contributed by atoms with Gasteiger partial charge in [0.15, 0.2) is 5.01 Å². The predicted molar refractivity (Wildman–Crippen MR) is 73.8 cm³/mol. The summed E-state index contributed by atoms with van der Waals surface area (Å²) in [6.45, 7) is 5.80. The van der Waals surface area contributed by atoms with Crippen LogP contribution in [-0.4, -0.2) is 28.3 Å². The lowest BCUT2D eigenvalue weighted by atomic mass is 10.2. The van der Waals surface area contributed by atoms with Gasteiger partial charge in [0.1, 0.15) is 5.60 Å². The molecule has 2 N–H and O–H groups in total. The molecule has 0 spiro atoms. The van der Waals surface area contributed by atoms with Gasteiger partial charge in [-0.2, -0.15) is 0 Å². The summed E-state index contributed by atoms with van der Waals surface area (Å²) < 4.78 is 5.08. The summed E-state index contributed by atoms with van der Waals surface area (Å²) >= 11 is 1.39. The van der Waals surface area contributed by atoms with Gasteiger partial charge in [-0.3, -0.25) is 0 Å². The van der Waals surface area contributed by atoms with E-state index in [0.29, 0.717) is 23.7 Å². The monoisotopic (exact) mass is 282 g/mol. The Labute approximate surface area is 117 Å². The topological polar surface area (TPSA) is 71.5 Å². The molecule has 0 unspecified atom stereocenters. The predicted octanol–water partition coefficient (Wildman–Crippen LogP) is 1.90. The molecule has 1 heterocycles. The molecule has 0 saturated carbocycles. The molecule has 0 aromatic carbocycles. The Morgan fingerprint density at radius 3 is 2.89 bits per heavy atom. The number of rotatable bonds is 3. The van der Waals surface area contributed by atoms with Crippen molar-refractivity contribution in [1.82, 2.24) is 10.3 Å². The van der Waals surface area contributed by atoms with Crippen molar-refractivity contribution in [2.75, 3.05) is 6.54 Å². The molecule has 19 heavy (non-hydrogen) atoms. The summed E-state index contributed by atoms with van der Waals surface area (Å²) in [6, 6.07) is 0. The normalized spacial score (nSPS) is 10.5. The maximum atomic E-state index is 11.3. The molecule has 1 aromatic rings. The van der Waals surface area contributed by atoms with Gasteiger partial charge in [0.25, 0.3) is 0 Å². The van der Waals surface area contributed by atoms with Crippen molar-refractivity contribution in [3.8, 4) is 11.8 Å². The average Bonchev–Trinajstić information content (AvgIpc) is 2.74.